The lowest BCUT2D eigenvalue weighted by Gasteiger charge is -2.29. The molecule has 28 heavy (non-hydrogen) atoms. The van der Waals surface area contributed by atoms with E-state index in [2.05, 4.69) is 5.32 Å². The summed E-state index contributed by atoms with van der Waals surface area (Å²) in [5.41, 5.74) is 3.27. The van der Waals surface area contributed by atoms with Crippen molar-refractivity contribution in [3.8, 4) is 16.9 Å². The predicted molar refractivity (Wildman–Crippen MR) is 110 cm³/mol. The van der Waals surface area contributed by atoms with Crippen molar-refractivity contribution >= 4 is 34.8 Å². The molecule has 0 saturated heterocycles. The van der Waals surface area contributed by atoms with Gasteiger partial charge in [-0.05, 0) is 35.4 Å². The van der Waals surface area contributed by atoms with Crippen molar-refractivity contribution in [2.75, 3.05) is 23.4 Å². The number of nitrogens with zero attached hydrogens (tertiary/aromatic N) is 1. The Morgan fingerprint density at radius 3 is 2.54 bits per heavy atom. The molecule has 0 bridgehead atoms. The van der Waals surface area contributed by atoms with Gasteiger partial charge in [-0.1, -0.05) is 60.1 Å². The number of anilines is 2. The Morgan fingerprint density at radius 1 is 1.00 bits per heavy atom. The van der Waals surface area contributed by atoms with Gasteiger partial charge >= 0.3 is 0 Å². The van der Waals surface area contributed by atoms with Gasteiger partial charge in [-0.3, -0.25) is 14.5 Å². The predicted octanol–water partition coefficient (Wildman–Crippen LogP) is 4.37. The third kappa shape index (κ3) is 3.70. The molecule has 0 aliphatic carbocycles. The SMILES string of the molecule is O=C1CN(C(=O)COc2ccc(-c3ccccc3)cc2Cl)c2ccccc2N1. The van der Waals surface area contributed by atoms with Crippen LogP contribution in [0.5, 0.6) is 5.75 Å². The second-order valence-electron chi connectivity index (χ2n) is 6.35. The molecule has 0 aromatic heterocycles. The minimum absolute atomic E-state index is 0.0418. The van der Waals surface area contributed by atoms with Gasteiger partial charge in [-0.25, -0.2) is 0 Å². The van der Waals surface area contributed by atoms with E-state index in [9.17, 15) is 9.59 Å². The van der Waals surface area contributed by atoms with Crippen molar-refractivity contribution in [3.05, 3.63) is 77.8 Å². The summed E-state index contributed by atoms with van der Waals surface area (Å²) in [4.78, 5) is 25.9. The van der Waals surface area contributed by atoms with Crippen LogP contribution in [0.4, 0.5) is 11.4 Å². The number of para-hydroxylation sites is 2. The lowest BCUT2D eigenvalue weighted by molar-refractivity contribution is -0.123. The van der Waals surface area contributed by atoms with E-state index in [-0.39, 0.29) is 25.0 Å². The lowest BCUT2D eigenvalue weighted by atomic mass is 10.1. The monoisotopic (exact) mass is 392 g/mol. The molecule has 0 atom stereocenters. The zero-order valence-corrected chi connectivity index (χ0v) is 15.6. The third-order valence-electron chi connectivity index (χ3n) is 4.46. The molecule has 140 valence electrons. The lowest BCUT2D eigenvalue weighted by Crippen LogP contribution is -2.44. The average molecular weight is 393 g/mol. The number of amides is 2. The molecule has 6 heteroatoms. The molecule has 2 amide bonds. The van der Waals surface area contributed by atoms with Gasteiger partial charge in [0.15, 0.2) is 6.61 Å². The maximum atomic E-state index is 12.7. The molecule has 0 unspecified atom stereocenters. The first-order valence-electron chi connectivity index (χ1n) is 8.79. The van der Waals surface area contributed by atoms with Crippen LogP contribution in [0.2, 0.25) is 5.02 Å². The first kappa shape index (κ1) is 18.1. The number of ether oxygens (including phenoxy) is 1. The highest BCUT2D eigenvalue weighted by Gasteiger charge is 2.26. The van der Waals surface area contributed by atoms with Gasteiger partial charge in [0.05, 0.1) is 16.4 Å². The highest BCUT2D eigenvalue weighted by atomic mass is 35.5. The van der Waals surface area contributed by atoms with Gasteiger partial charge in [0.25, 0.3) is 5.91 Å². The smallest absolute Gasteiger partial charge is 0.265 e. The number of carbonyl (C=O) groups excluding carboxylic acids is 2. The summed E-state index contributed by atoms with van der Waals surface area (Å²) in [7, 11) is 0. The van der Waals surface area contributed by atoms with Crippen LogP contribution in [0, 0.1) is 0 Å². The summed E-state index contributed by atoms with van der Waals surface area (Å²) in [5.74, 6) is -0.132. The number of hydrogen-bond acceptors (Lipinski definition) is 3. The summed E-state index contributed by atoms with van der Waals surface area (Å²) in [6, 6.07) is 22.5. The van der Waals surface area contributed by atoms with Crippen LogP contribution in [0.15, 0.2) is 72.8 Å². The molecule has 1 N–H and O–H groups in total. The van der Waals surface area contributed by atoms with E-state index in [0.717, 1.165) is 11.1 Å². The zero-order chi connectivity index (χ0) is 19.5. The summed E-state index contributed by atoms with van der Waals surface area (Å²) in [5, 5.41) is 3.18. The Bertz CT molecular complexity index is 1040. The van der Waals surface area contributed by atoms with E-state index in [4.69, 9.17) is 16.3 Å². The fourth-order valence-corrected chi connectivity index (χ4v) is 3.34. The van der Waals surface area contributed by atoms with Crippen LogP contribution in [0.3, 0.4) is 0 Å². The highest BCUT2D eigenvalue weighted by Crippen LogP contribution is 2.31. The molecule has 0 fully saturated rings. The number of benzene rings is 3. The molecule has 0 spiro atoms. The van der Waals surface area contributed by atoms with Gasteiger partial charge in [-0.2, -0.15) is 0 Å². The zero-order valence-electron chi connectivity index (χ0n) is 14.9. The van der Waals surface area contributed by atoms with Crippen LogP contribution in [-0.2, 0) is 9.59 Å². The minimum atomic E-state index is -0.314. The maximum absolute atomic E-state index is 12.7. The number of halogens is 1. The normalized spacial score (nSPS) is 12.9. The fourth-order valence-electron chi connectivity index (χ4n) is 3.10. The Hall–Kier alpha value is -3.31. The van der Waals surface area contributed by atoms with Crippen LogP contribution in [0.25, 0.3) is 11.1 Å². The van der Waals surface area contributed by atoms with Crippen LogP contribution < -0.4 is 15.0 Å². The van der Waals surface area contributed by atoms with E-state index >= 15 is 0 Å². The van der Waals surface area contributed by atoms with Crippen LogP contribution in [-0.4, -0.2) is 25.0 Å². The quantitative estimate of drug-likeness (QED) is 0.717. The standard InChI is InChI=1S/C22H17ClN2O3/c23-17-12-16(15-6-2-1-3-7-15)10-11-20(17)28-14-22(27)25-13-21(26)24-18-8-4-5-9-19(18)25/h1-12H,13-14H2,(H,24,26). The molecule has 4 rings (SSSR count). The van der Waals surface area contributed by atoms with Gasteiger partial charge in [0.1, 0.15) is 12.3 Å². The summed E-state index contributed by atoms with van der Waals surface area (Å²) in [6.07, 6.45) is 0. The maximum Gasteiger partial charge on any atom is 0.265 e. The van der Waals surface area contributed by atoms with Crippen LogP contribution in [0.1, 0.15) is 0 Å². The number of nitrogens with one attached hydrogen (secondary N) is 1. The number of fused-ring (bicyclic) bond motifs is 1. The van der Waals surface area contributed by atoms with Crippen molar-refractivity contribution in [3.63, 3.8) is 0 Å². The Kier molecular flexibility index (Phi) is 5.00. The molecule has 0 radical (unpaired) electrons. The molecule has 1 aliphatic heterocycles. The second kappa shape index (κ2) is 7.74. The highest BCUT2D eigenvalue weighted by molar-refractivity contribution is 6.32. The van der Waals surface area contributed by atoms with Crippen molar-refractivity contribution in [2.24, 2.45) is 0 Å². The van der Waals surface area contributed by atoms with E-state index in [1.54, 1.807) is 30.3 Å². The number of carbonyl (C=O) groups is 2. The Balaban J connectivity index is 1.48. The molecular weight excluding hydrogens is 376 g/mol. The Morgan fingerprint density at radius 2 is 1.75 bits per heavy atom. The molecule has 3 aromatic carbocycles. The van der Waals surface area contributed by atoms with Gasteiger partial charge in [0.2, 0.25) is 5.91 Å². The molecular formula is C22H17ClN2O3. The van der Waals surface area contributed by atoms with Crippen LogP contribution >= 0.6 is 11.6 Å². The van der Waals surface area contributed by atoms with E-state index in [0.29, 0.717) is 22.1 Å². The van der Waals surface area contributed by atoms with E-state index in [1.165, 1.54) is 4.90 Å². The summed E-state index contributed by atoms with van der Waals surface area (Å²) >= 11 is 6.34. The fraction of sp³-hybridized carbons (Fsp3) is 0.0909. The molecule has 3 aromatic rings. The van der Waals surface area contributed by atoms with Crippen molar-refractivity contribution in [1.82, 2.24) is 0 Å². The summed E-state index contributed by atoms with van der Waals surface area (Å²) < 4.78 is 5.64. The molecule has 0 saturated carbocycles. The van der Waals surface area contributed by atoms with Gasteiger partial charge < -0.3 is 10.1 Å². The van der Waals surface area contributed by atoms with Crippen molar-refractivity contribution < 1.29 is 14.3 Å². The first-order valence-corrected chi connectivity index (χ1v) is 9.16. The first-order chi connectivity index (χ1) is 13.6. The minimum Gasteiger partial charge on any atom is -0.482 e. The van der Waals surface area contributed by atoms with Gasteiger partial charge in [-0.15, -0.1) is 0 Å². The largest absolute Gasteiger partial charge is 0.482 e. The molecule has 5 nitrogen and oxygen atoms in total. The van der Waals surface area contributed by atoms with E-state index in [1.807, 2.05) is 42.5 Å². The third-order valence-corrected chi connectivity index (χ3v) is 4.76. The van der Waals surface area contributed by atoms with Crippen molar-refractivity contribution in [2.45, 2.75) is 0 Å². The molecule has 1 heterocycles. The average Bonchev–Trinajstić information content (AvgIpc) is 2.72. The van der Waals surface area contributed by atoms with Gasteiger partial charge in [0, 0.05) is 0 Å². The summed E-state index contributed by atoms with van der Waals surface area (Å²) in [6.45, 7) is -0.258. The molecule has 1 aliphatic rings. The number of rotatable bonds is 4. The van der Waals surface area contributed by atoms with E-state index < -0.39 is 0 Å². The number of hydrogen-bond donors (Lipinski definition) is 1. The Labute approximate surface area is 167 Å². The topological polar surface area (TPSA) is 58.6 Å². The second-order valence-corrected chi connectivity index (χ2v) is 6.75. The van der Waals surface area contributed by atoms with Crippen molar-refractivity contribution in [1.29, 1.82) is 0 Å².